The molecule has 0 aliphatic carbocycles. The van der Waals surface area contributed by atoms with E-state index in [4.69, 9.17) is 4.74 Å². The van der Waals surface area contributed by atoms with Crippen LogP contribution in [0.4, 0.5) is 10.6 Å². The van der Waals surface area contributed by atoms with Crippen LogP contribution in [-0.2, 0) is 11.3 Å². The van der Waals surface area contributed by atoms with Crippen LogP contribution in [0.3, 0.4) is 0 Å². The van der Waals surface area contributed by atoms with Crippen molar-refractivity contribution in [3.63, 3.8) is 0 Å². The van der Waals surface area contributed by atoms with Crippen molar-refractivity contribution in [3.8, 4) is 0 Å². The second-order valence-corrected chi connectivity index (χ2v) is 6.01. The Hall–Kier alpha value is -2.60. The van der Waals surface area contributed by atoms with Crippen LogP contribution < -0.4 is 5.32 Å². The Morgan fingerprint density at radius 2 is 1.80 bits per heavy atom. The highest BCUT2D eigenvalue weighted by molar-refractivity contribution is 5.67. The van der Waals surface area contributed by atoms with E-state index in [0.717, 1.165) is 37.6 Å². The van der Waals surface area contributed by atoms with E-state index < -0.39 is 0 Å². The molecule has 1 amide bonds. The van der Waals surface area contributed by atoms with Crippen molar-refractivity contribution >= 4 is 11.9 Å². The number of carbonyl (C=O) groups excluding carboxylic acids is 1. The van der Waals surface area contributed by atoms with Gasteiger partial charge in [0, 0.05) is 45.5 Å². The highest BCUT2D eigenvalue weighted by Crippen LogP contribution is 2.07. The van der Waals surface area contributed by atoms with Crippen molar-refractivity contribution in [2.75, 3.05) is 44.6 Å². The maximum atomic E-state index is 12.1. The van der Waals surface area contributed by atoms with E-state index in [-0.39, 0.29) is 6.09 Å². The number of amides is 1. The largest absolute Gasteiger partial charge is 0.445 e. The van der Waals surface area contributed by atoms with Gasteiger partial charge in [-0.1, -0.05) is 36.4 Å². The Labute approximate surface area is 148 Å². The number of hydrogen-bond donors (Lipinski definition) is 1. The summed E-state index contributed by atoms with van der Waals surface area (Å²) in [6.07, 6.45) is 1.55. The molecule has 2 heterocycles. The maximum Gasteiger partial charge on any atom is 0.410 e. The molecule has 1 aromatic heterocycles. The second kappa shape index (κ2) is 9.03. The number of hydrogen-bond acceptors (Lipinski definition) is 5. The Bertz CT molecular complexity index is 643. The average Bonchev–Trinajstić information content (AvgIpc) is 2.68. The van der Waals surface area contributed by atoms with Gasteiger partial charge in [-0.15, -0.1) is 0 Å². The van der Waals surface area contributed by atoms with Crippen LogP contribution in [0.5, 0.6) is 0 Å². The molecular weight excluding hydrogens is 316 g/mol. The van der Waals surface area contributed by atoms with Gasteiger partial charge >= 0.3 is 6.09 Å². The number of nitrogens with zero attached hydrogens (tertiary/aromatic N) is 3. The summed E-state index contributed by atoms with van der Waals surface area (Å²) in [6, 6.07) is 15.6. The molecule has 1 aliphatic rings. The minimum atomic E-state index is -0.227. The van der Waals surface area contributed by atoms with E-state index in [0.29, 0.717) is 19.7 Å². The van der Waals surface area contributed by atoms with Crippen LogP contribution in [0.1, 0.15) is 5.56 Å². The molecule has 1 saturated heterocycles. The normalized spacial score (nSPS) is 15.0. The van der Waals surface area contributed by atoms with Crippen molar-refractivity contribution < 1.29 is 9.53 Å². The van der Waals surface area contributed by atoms with Crippen LogP contribution >= 0.6 is 0 Å². The van der Waals surface area contributed by atoms with Gasteiger partial charge in [-0.05, 0) is 17.7 Å². The molecule has 3 rings (SSSR count). The first-order valence-corrected chi connectivity index (χ1v) is 8.64. The fourth-order valence-corrected chi connectivity index (χ4v) is 2.77. The van der Waals surface area contributed by atoms with Crippen molar-refractivity contribution in [3.05, 3.63) is 60.3 Å². The minimum absolute atomic E-state index is 0.227. The Morgan fingerprint density at radius 1 is 1.04 bits per heavy atom. The topological polar surface area (TPSA) is 57.7 Å². The molecule has 0 saturated carbocycles. The van der Waals surface area contributed by atoms with Crippen molar-refractivity contribution in [1.29, 1.82) is 0 Å². The predicted molar refractivity (Wildman–Crippen MR) is 97.4 cm³/mol. The number of pyridine rings is 1. The lowest BCUT2D eigenvalue weighted by molar-refractivity contribution is 0.0726. The third kappa shape index (κ3) is 5.46. The fraction of sp³-hybridized carbons (Fsp3) is 0.368. The fourth-order valence-electron chi connectivity index (χ4n) is 2.77. The number of aromatic nitrogens is 1. The third-order valence-corrected chi connectivity index (χ3v) is 4.23. The van der Waals surface area contributed by atoms with Gasteiger partial charge in [-0.2, -0.15) is 0 Å². The first kappa shape index (κ1) is 17.2. The molecule has 25 heavy (non-hydrogen) atoms. The first-order valence-electron chi connectivity index (χ1n) is 8.64. The van der Waals surface area contributed by atoms with Crippen molar-refractivity contribution in [1.82, 2.24) is 14.8 Å². The minimum Gasteiger partial charge on any atom is -0.445 e. The molecule has 132 valence electrons. The Kier molecular flexibility index (Phi) is 6.23. The van der Waals surface area contributed by atoms with E-state index in [1.54, 1.807) is 11.1 Å². The van der Waals surface area contributed by atoms with Crippen LogP contribution in [0.25, 0.3) is 0 Å². The van der Waals surface area contributed by atoms with E-state index in [1.165, 1.54) is 0 Å². The molecule has 0 bridgehead atoms. The molecule has 0 radical (unpaired) electrons. The molecule has 2 aromatic rings. The van der Waals surface area contributed by atoms with Gasteiger partial charge in [0.2, 0.25) is 0 Å². The monoisotopic (exact) mass is 340 g/mol. The maximum absolute atomic E-state index is 12.1. The number of benzene rings is 1. The molecule has 1 N–H and O–H groups in total. The lowest BCUT2D eigenvalue weighted by Crippen LogP contribution is -2.49. The van der Waals surface area contributed by atoms with Gasteiger partial charge in [0.1, 0.15) is 12.4 Å². The molecule has 0 unspecified atom stereocenters. The van der Waals surface area contributed by atoms with Crippen LogP contribution in [-0.4, -0.2) is 60.1 Å². The average molecular weight is 340 g/mol. The summed E-state index contributed by atoms with van der Waals surface area (Å²) >= 11 is 0. The second-order valence-electron chi connectivity index (χ2n) is 6.01. The summed E-state index contributed by atoms with van der Waals surface area (Å²) in [4.78, 5) is 20.5. The van der Waals surface area contributed by atoms with Gasteiger partial charge in [-0.3, -0.25) is 4.90 Å². The SMILES string of the molecule is O=C(OCc1ccccc1)N1CCN(CCNc2ccccn2)CC1. The number of ether oxygens (including phenoxy) is 1. The molecule has 0 spiro atoms. The quantitative estimate of drug-likeness (QED) is 0.875. The Balaban J connectivity index is 1.33. The predicted octanol–water partition coefficient (Wildman–Crippen LogP) is 2.45. The van der Waals surface area contributed by atoms with E-state index in [2.05, 4.69) is 15.2 Å². The first-order chi connectivity index (χ1) is 12.3. The van der Waals surface area contributed by atoms with Gasteiger partial charge in [-0.25, -0.2) is 9.78 Å². The zero-order valence-corrected chi connectivity index (χ0v) is 14.3. The third-order valence-electron chi connectivity index (χ3n) is 4.23. The van der Waals surface area contributed by atoms with Crippen LogP contribution in [0, 0.1) is 0 Å². The standard InChI is InChI=1S/C19H24N4O2/c24-19(25-16-17-6-2-1-3-7-17)23-14-12-22(13-15-23)11-10-21-18-8-4-5-9-20-18/h1-9H,10-16H2,(H,20,21). The zero-order chi connectivity index (χ0) is 17.3. The number of piperazine rings is 1. The smallest absolute Gasteiger partial charge is 0.410 e. The lowest BCUT2D eigenvalue weighted by atomic mass is 10.2. The van der Waals surface area contributed by atoms with E-state index in [1.807, 2.05) is 48.5 Å². The highest BCUT2D eigenvalue weighted by atomic mass is 16.6. The van der Waals surface area contributed by atoms with Gasteiger partial charge in [0.15, 0.2) is 0 Å². The van der Waals surface area contributed by atoms with Crippen LogP contribution in [0.2, 0.25) is 0 Å². The van der Waals surface area contributed by atoms with E-state index in [9.17, 15) is 4.79 Å². The zero-order valence-electron chi connectivity index (χ0n) is 14.3. The van der Waals surface area contributed by atoms with Gasteiger partial charge in [0.05, 0.1) is 0 Å². The number of rotatable bonds is 6. The number of nitrogens with one attached hydrogen (secondary N) is 1. The molecule has 0 atom stereocenters. The van der Waals surface area contributed by atoms with Gasteiger partial charge in [0.25, 0.3) is 0 Å². The number of anilines is 1. The summed E-state index contributed by atoms with van der Waals surface area (Å²) in [7, 11) is 0. The Morgan fingerprint density at radius 3 is 2.52 bits per heavy atom. The van der Waals surface area contributed by atoms with Crippen LogP contribution in [0.15, 0.2) is 54.7 Å². The van der Waals surface area contributed by atoms with Crippen molar-refractivity contribution in [2.45, 2.75) is 6.61 Å². The lowest BCUT2D eigenvalue weighted by Gasteiger charge is -2.34. The summed E-state index contributed by atoms with van der Waals surface area (Å²) in [5.41, 5.74) is 1.01. The van der Waals surface area contributed by atoms with Crippen molar-refractivity contribution in [2.24, 2.45) is 0 Å². The molecule has 6 nitrogen and oxygen atoms in total. The molecule has 6 heteroatoms. The summed E-state index contributed by atoms with van der Waals surface area (Å²) in [6.45, 7) is 5.25. The molecular formula is C19H24N4O2. The molecule has 1 aliphatic heterocycles. The summed E-state index contributed by atoms with van der Waals surface area (Å²) < 4.78 is 5.39. The van der Waals surface area contributed by atoms with E-state index >= 15 is 0 Å². The molecule has 1 aromatic carbocycles. The summed E-state index contributed by atoms with van der Waals surface area (Å²) in [5.74, 6) is 0.894. The number of carbonyl (C=O) groups is 1. The highest BCUT2D eigenvalue weighted by Gasteiger charge is 2.21. The van der Waals surface area contributed by atoms with Gasteiger partial charge < -0.3 is 15.0 Å². The molecule has 1 fully saturated rings. The summed E-state index contributed by atoms with van der Waals surface area (Å²) in [5, 5.41) is 3.31.